The number of esters is 1. The van der Waals surface area contributed by atoms with Gasteiger partial charge < -0.3 is 9.15 Å². The summed E-state index contributed by atoms with van der Waals surface area (Å²) in [6.45, 7) is 0.0378. The summed E-state index contributed by atoms with van der Waals surface area (Å²) < 4.78 is 12.0. The number of thiazole rings is 1. The van der Waals surface area contributed by atoms with Crippen LogP contribution >= 0.6 is 11.3 Å². The number of para-hydroxylation sites is 1. The first kappa shape index (κ1) is 19.5. The Hall–Kier alpha value is -3.51. The van der Waals surface area contributed by atoms with Crippen molar-refractivity contribution in [3.63, 3.8) is 0 Å². The van der Waals surface area contributed by atoms with Gasteiger partial charge in [-0.3, -0.25) is 4.79 Å². The van der Waals surface area contributed by atoms with Crippen molar-refractivity contribution in [2.75, 3.05) is 0 Å². The molecule has 0 N–H and O–H groups in total. The molecule has 0 saturated heterocycles. The van der Waals surface area contributed by atoms with Crippen molar-refractivity contribution >= 4 is 49.3 Å². The third kappa shape index (κ3) is 4.07. The van der Waals surface area contributed by atoms with E-state index in [-0.39, 0.29) is 12.6 Å². The maximum atomic E-state index is 12.3. The molecule has 5 aromatic rings. The fourth-order valence-electron chi connectivity index (χ4n) is 3.78. The second kappa shape index (κ2) is 8.32. The number of carbonyl (C=O) groups excluding carboxylic acids is 1. The first-order chi connectivity index (χ1) is 15.2. The normalized spacial score (nSPS) is 11.4. The lowest BCUT2D eigenvalue weighted by Crippen LogP contribution is -2.08. The summed E-state index contributed by atoms with van der Waals surface area (Å²) >= 11 is 1.65. The Morgan fingerprint density at radius 3 is 2.77 bits per heavy atom. The summed E-state index contributed by atoms with van der Waals surface area (Å²) in [6.07, 6.45) is 1.70. The van der Waals surface area contributed by atoms with E-state index in [2.05, 4.69) is 11.1 Å². The molecule has 0 aliphatic heterocycles. The number of hydrogen-bond donors (Lipinski definition) is 0. The molecule has 0 unspecified atom stereocenters. The minimum atomic E-state index is -0.454. The van der Waals surface area contributed by atoms with Gasteiger partial charge >= 0.3 is 11.6 Å². The lowest BCUT2D eigenvalue weighted by Gasteiger charge is -2.09. The summed E-state index contributed by atoms with van der Waals surface area (Å²) in [6, 6.07) is 21.0. The number of rotatable bonds is 6. The van der Waals surface area contributed by atoms with E-state index in [0.717, 1.165) is 37.8 Å². The fourth-order valence-corrected chi connectivity index (χ4v) is 4.78. The van der Waals surface area contributed by atoms with Gasteiger partial charge in [-0.05, 0) is 41.8 Å². The molecule has 0 atom stereocenters. The molecule has 154 valence electrons. The van der Waals surface area contributed by atoms with Crippen LogP contribution in [0.2, 0.25) is 0 Å². The van der Waals surface area contributed by atoms with Crippen LogP contribution in [0, 0.1) is 0 Å². The first-order valence-corrected chi connectivity index (χ1v) is 10.9. The number of aryl methyl sites for hydroxylation is 1. The lowest BCUT2D eigenvalue weighted by atomic mass is 10.0. The van der Waals surface area contributed by atoms with Crippen molar-refractivity contribution in [2.24, 2.45) is 0 Å². The Kier molecular flexibility index (Phi) is 5.22. The Labute approximate surface area is 181 Å². The predicted octanol–water partition coefficient (Wildman–Crippen LogP) is 5.62. The zero-order valence-electron chi connectivity index (χ0n) is 16.7. The minimum Gasteiger partial charge on any atom is -0.461 e. The molecule has 0 bridgehead atoms. The number of carbonyl (C=O) groups is 1. The molecule has 0 spiro atoms. The Balaban J connectivity index is 1.27. The molecule has 2 aromatic heterocycles. The van der Waals surface area contributed by atoms with Crippen molar-refractivity contribution in [3.05, 3.63) is 87.7 Å². The van der Waals surface area contributed by atoms with Crippen LogP contribution in [0.4, 0.5) is 0 Å². The van der Waals surface area contributed by atoms with E-state index in [0.29, 0.717) is 24.0 Å². The van der Waals surface area contributed by atoms with Gasteiger partial charge in [-0.1, -0.05) is 42.5 Å². The summed E-state index contributed by atoms with van der Waals surface area (Å²) in [4.78, 5) is 28.9. The van der Waals surface area contributed by atoms with Gasteiger partial charge in [0.05, 0.1) is 15.2 Å². The molecule has 5 nitrogen and oxygen atoms in total. The van der Waals surface area contributed by atoms with Crippen LogP contribution < -0.4 is 5.63 Å². The number of fused-ring (bicyclic) bond motifs is 4. The average Bonchev–Trinajstić information content (AvgIpc) is 3.20. The van der Waals surface area contributed by atoms with Crippen molar-refractivity contribution in [1.29, 1.82) is 0 Å². The van der Waals surface area contributed by atoms with Crippen LogP contribution in [0.25, 0.3) is 32.0 Å². The van der Waals surface area contributed by atoms with Gasteiger partial charge in [-0.25, -0.2) is 9.78 Å². The SMILES string of the molecule is O=C(CCCc1nc2ccccc2s1)OCc1cc(=O)oc2ccc3ccccc3c12. The molecule has 5 rings (SSSR count). The fraction of sp³-hybridized carbons (Fsp3) is 0.160. The van der Waals surface area contributed by atoms with E-state index < -0.39 is 5.63 Å². The Morgan fingerprint density at radius 2 is 1.87 bits per heavy atom. The highest BCUT2D eigenvalue weighted by molar-refractivity contribution is 7.18. The summed E-state index contributed by atoms with van der Waals surface area (Å²) in [5.74, 6) is -0.289. The number of ether oxygens (including phenoxy) is 1. The second-order valence-electron chi connectivity index (χ2n) is 7.34. The van der Waals surface area contributed by atoms with Gasteiger partial charge in [0.25, 0.3) is 0 Å². The molecular weight excluding hydrogens is 410 g/mol. The molecule has 0 aliphatic rings. The average molecular weight is 429 g/mol. The Bertz CT molecular complexity index is 1430. The highest BCUT2D eigenvalue weighted by Crippen LogP contribution is 2.28. The van der Waals surface area contributed by atoms with Gasteiger partial charge in [0.15, 0.2) is 0 Å². The van der Waals surface area contributed by atoms with Crippen molar-refractivity contribution in [2.45, 2.75) is 25.9 Å². The molecule has 3 aromatic carbocycles. The van der Waals surface area contributed by atoms with Crippen LogP contribution in [0.15, 0.2) is 75.9 Å². The first-order valence-electron chi connectivity index (χ1n) is 10.1. The van der Waals surface area contributed by atoms with Gasteiger partial charge in [0.2, 0.25) is 0 Å². The zero-order valence-corrected chi connectivity index (χ0v) is 17.5. The summed E-state index contributed by atoms with van der Waals surface area (Å²) in [7, 11) is 0. The predicted molar refractivity (Wildman–Crippen MR) is 122 cm³/mol. The topological polar surface area (TPSA) is 69.4 Å². The van der Waals surface area contributed by atoms with Crippen LogP contribution in [0.5, 0.6) is 0 Å². The van der Waals surface area contributed by atoms with E-state index in [4.69, 9.17) is 9.15 Å². The van der Waals surface area contributed by atoms with Gasteiger partial charge in [0.1, 0.15) is 12.2 Å². The molecule has 0 aliphatic carbocycles. The number of nitrogens with zero attached hydrogens (tertiary/aromatic N) is 1. The van der Waals surface area contributed by atoms with Crippen LogP contribution in [0.1, 0.15) is 23.4 Å². The van der Waals surface area contributed by atoms with E-state index in [1.807, 2.05) is 48.5 Å². The summed E-state index contributed by atoms with van der Waals surface area (Å²) in [5, 5.41) is 3.82. The largest absolute Gasteiger partial charge is 0.461 e. The third-order valence-electron chi connectivity index (χ3n) is 5.21. The van der Waals surface area contributed by atoms with Crippen molar-refractivity contribution < 1.29 is 13.9 Å². The van der Waals surface area contributed by atoms with Gasteiger partial charge in [0, 0.05) is 23.4 Å². The molecule has 0 radical (unpaired) electrons. The van der Waals surface area contributed by atoms with Gasteiger partial charge in [-0.2, -0.15) is 0 Å². The smallest absolute Gasteiger partial charge is 0.336 e. The lowest BCUT2D eigenvalue weighted by molar-refractivity contribution is -0.145. The van der Waals surface area contributed by atoms with E-state index in [9.17, 15) is 9.59 Å². The molecule has 31 heavy (non-hydrogen) atoms. The standard InChI is InChI=1S/C25H19NO4S/c27-23(11-5-10-22-26-19-8-3-4-9-21(19)31-22)29-15-17-14-24(28)30-20-13-12-16-6-1-2-7-18(16)25(17)20/h1-4,6-9,12-14H,5,10-11,15H2. The highest BCUT2D eigenvalue weighted by atomic mass is 32.1. The van der Waals surface area contributed by atoms with E-state index in [1.165, 1.54) is 6.07 Å². The molecule has 0 fully saturated rings. The zero-order chi connectivity index (χ0) is 21.2. The van der Waals surface area contributed by atoms with Crippen LogP contribution in [-0.2, 0) is 22.6 Å². The maximum Gasteiger partial charge on any atom is 0.336 e. The second-order valence-corrected chi connectivity index (χ2v) is 8.46. The summed E-state index contributed by atoms with van der Waals surface area (Å²) in [5.41, 5.74) is 1.69. The molecular formula is C25H19NO4S. The van der Waals surface area contributed by atoms with E-state index >= 15 is 0 Å². The quantitative estimate of drug-likeness (QED) is 0.199. The molecule has 0 amide bonds. The number of hydrogen-bond acceptors (Lipinski definition) is 6. The number of benzene rings is 3. The van der Waals surface area contributed by atoms with Gasteiger partial charge in [-0.15, -0.1) is 11.3 Å². The monoisotopic (exact) mass is 429 g/mol. The third-order valence-corrected chi connectivity index (χ3v) is 6.31. The van der Waals surface area contributed by atoms with Crippen LogP contribution in [0.3, 0.4) is 0 Å². The van der Waals surface area contributed by atoms with E-state index in [1.54, 1.807) is 17.4 Å². The molecule has 2 heterocycles. The maximum absolute atomic E-state index is 12.3. The molecule has 6 heteroatoms. The Morgan fingerprint density at radius 1 is 1.03 bits per heavy atom. The van der Waals surface area contributed by atoms with Crippen LogP contribution in [-0.4, -0.2) is 11.0 Å². The highest BCUT2D eigenvalue weighted by Gasteiger charge is 2.12. The van der Waals surface area contributed by atoms with Crippen molar-refractivity contribution in [3.8, 4) is 0 Å². The number of aromatic nitrogens is 1. The minimum absolute atomic E-state index is 0.0378. The van der Waals surface area contributed by atoms with Crippen molar-refractivity contribution in [1.82, 2.24) is 4.98 Å². The molecule has 0 saturated carbocycles.